The molecule has 1 saturated heterocycles. The molecule has 2 rings (SSSR count). The Morgan fingerprint density at radius 2 is 2.03 bits per heavy atom. The van der Waals surface area contributed by atoms with Crippen LogP contribution in [0.15, 0.2) is 46.1 Å². The van der Waals surface area contributed by atoms with E-state index in [0.717, 1.165) is 17.1 Å². The maximum absolute atomic E-state index is 11.8. The summed E-state index contributed by atoms with van der Waals surface area (Å²) < 4.78 is 0. The molecule has 1 fully saturated rings. The molecule has 0 aliphatic carbocycles. The van der Waals surface area contributed by atoms with Crippen molar-refractivity contribution in [3.05, 3.63) is 35.9 Å². The summed E-state index contributed by atoms with van der Waals surface area (Å²) in [7, 11) is 0. The highest BCUT2D eigenvalue weighted by molar-refractivity contribution is 8.14. The highest BCUT2D eigenvalue weighted by Gasteiger charge is 2.26. The molecule has 1 heterocycles. The Morgan fingerprint density at radius 3 is 2.67 bits per heavy atom. The monoisotopic (exact) mass is 454 g/mol. The van der Waals surface area contributed by atoms with Crippen LogP contribution in [-0.2, 0) is 9.59 Å². The van der Waals surface area contributed by atoms with E-state index in [1.54, 1.807) is 11.5 Å². The minimum absolute atomic E-state index is 0.0215. The number of aliphatic hydroxyl groups excluding tert-OH is 2. The smallest absolute Gasteiger partial charge is 0.276 e. The molecule has 1 aromatic carbocycles. The molecule has 5 N–H and O–H groups in total. The molecule has 1 aliphatic heterocycles. The number of benzene rings is 1. The Labute approximate surface area is 184 Å². The number of azo groups is 1. The zero-order chi connectivity index (χ0) is 21.6. The topological polar surface area (TPSA) is 131 Å². The highest BCUT2D eigenvalue weighted by atomic mass is 32.2. The van der Waals surface area contributed by atoms with E-state index in [0.29, 0.717) is 25.4 Å². The van der Waals surface area contributed by atoms with Gasteiger partial charge in [-0.1, -0.05) is 11.8 Å². The number of rotatable bonds is 13. The van der Waals surface area contributed by atoms with Crippen LogP contribution in [0.25, 0.3) is 0 Å². The van der Waals surface area contributed by atoms with Crippen LogP contribution in [0, 0.1) is 0 Å². The Bertz CT molecular complexity index is 724. The minimum Gasteiger partial charge on any atom is -0.395 e. The summed E-state index contributed by atoms with van der Waals surface area (Å²) in [4.78, 5) is 25.1. The minimum atomic E-state index is -0.337. The lowest BCUT2D eigenvalue weighted by molar-refractivity contribution is -0.575. The fourth-order valence-electron chi connectivity index (χ4n) is 2.69. The van der Waals surface area contributed by atoms with Gasteiger partial charge in [-0.05, 0) is 30.7 Å². The largest absolute Gasteiger partial charge is 0.395 e. The number of nitrogens with zero attached hydrogens (tertiary/aromatic N) is 3. The van der Waals surface area contributed by atoms with Crippen molar-refractivity contribution >= 4 is 45.9 Å². The maximum atomic E-state index is 11.8. The first-order chi connectivity index (χ1) is 14.6. The van der Waals surface area contributed by atoms with E-state index < -0.39 is 0 Å². The fraction of sp³-hybridized carbons (Fsp3) is 0.474. The third kappa shape index (κ3) is 8.84. The molecule has 11 heteroatoms. The van der Waals surface area contributed by atoms with Gasteiger partial charge in [-0.3, -0.25) is 9.59 Å². The maximum Gasteiger partial charge on any atom is 0.276 e. The van der Waals surface area contributed by atoms with Gasteiger partial charge in [-0.15, -0.1) is 11.8 Å². The van der Waals surface area contributed by atoms with Crippen LogP contribution in [0.4, 0.5) is 11.4 Å². The first-order valence-corrected chi connectivity index (χ1v) is 11.7. The van der Waals surface area contributed by atoms with Crippen molar-refractivity contribution < 1.29 is 25.1 Å². The van der Waals surface area contributed by atoms with E-state index in [2.05, 4.69) is 15.5 Å². The third-order valence-electron chi connectivity index (χ3n) is 4.16. The van der Waals surface area contributed by atoms with Crippen molar-refractivity contribution in [1.29, 1.82) is 0 Å². The molecule has 1 atom stereocenters. The first-order valence-electron chi connectivity index (χ1n) is 9.64. The van der Waals surface area contributed by atoms with Crippen molar-refractivity contribution in [3.63, 3.8) is 0 Å². The number of carbonyl (C=O) groups is 2. The van der Waals surface area contributed by atoms with Crippen LogP contribution in [0.1, 0.15) is 6.42 Å². The number of carbonyl (C=O) groups excluding carboxylic acids is 2. The number of aliphatic hydroxyl groups is 2. The summed E-state index contributed by atoms with van der Waals surface area (Å²) in [5, 5.41) is 32.8. The summed E-state index contributed by atoms with van der Waals surface area (Å²) in [5.74, 6) is 1.08. The van der Waals surface area contributed by atoms with E-state index >= 15 is 0 Å². The predicted molar refractivity (Wildman–Crippen MR) is 120 cm³/mol. The number of anilines is 1. The second-order valence-electron chi connectivity index (χ2n) is 6.33. The van der Waals surface area contributed by atoms with Crippen LogP contribution >= 0.6 is 23.5 Å². The molecule has 30 heavy (non-hydrogen) atoms. The van der Waals surface area contributed by atoms with Crippen molar-refractivity contribution in [3.8, 4) is 0 Å². The van der Waals surface area contributed by atoms with Gasteiger partial charge in [-0.2, -0.15) is 10.2 Å². The molecule has 0 spiro atoms. The van der Waals surface area contributed by atoms with Crippen LogP contribution < -0.4 is 15.5 Å². The lowest BCUT2D eigenvalue weighted by atomic mass is 10.2. The van der Waals surface area contributed by atoms with Gasteiger partial charge < -0.3 is 25.7 Å². The normalized spacial score (nSPS) is 16.6. The van der Waals surface area contributed by atoms with E-state index in [1.807, 2.05) is 34.6 Å². The summed E-state index contributed by atoms with van der Waals surface area (Å²) in [6, 6.07) is 7.09. The predicted octanol–water partition coefficient (Wildman–Crippen LogP) is 0.435. The lowest BCUT2D eigenvalue weighted by Gasteiger charge is -2.22. The lowest BCUT2D eigenvalue weighted by Crippen LogP contribution is -2.81. The van der Waals surface area contributed by atoms with Crippen LogP contribution in [-0.4, -0.2) is 71.8 Å². The molecule has 0 saturated carbocycles. The zero-order valence-corrected chi connectivity index (χ0v) is 18.3. The van der Waals surface area contributed by atoms with Gasteiger partial charge in [0.1, 0.15) is 5.88 Å². The van der Waals surface area contributed by atoms with Crippen molar-refractivity contribution in [2.75, 3.05) is 49.4 Å². The number of nitrogens with one attached hydrogen (secondary N) is 1. The van der Waals surface area contributed by atoms with Crippen molar-refractivity contribution in [1.82, 2.24) is 5.32 Å². The number of hydrogen-bond acceptors (Lipinski definition) is 9. The second kappa shape index (κ2) is 14.1. The average Bonchev–Trinajstić information content (AvgIpc) is 3.14. The molecule has 1 unspecified atom stereocenters. The quantitative estimate of drug-likeness (QED) is 0.251. The second-order valence-corrected chi connectivity index (χ2v) is 8.30. The number of hydrogen-bond donors (Lipinski definition) is 4. The summed E-state index contributed by atoms with van der Waals surface area (Å²) >= 11 is 2.72. The molecule has 1 aromatic rings. The Kier molecular flexibility index (Phi) is 11.5. The third-order valence-corrected chi connectivity index (χ3v) is 5.78. The average molecular weight is 455 g/mol. The highest BCUT2D eigenvalue weighted by Crippen LogP contribution is 2.20. The van der Waals surface area contributed by atoms with Gasteiger partial charge >= 0.3 is 0 Å². The number of nitrogens with two attached hydrogens (primary N) is 1. The van der Waals surface area contributed by atoms with Gasteiger partial charge in [-0.25, -0.2) is 0 Å². The molecular weight excluding hydrogens is 426 g/mol. The van der Waals surface area contributed by atoms with Crippen molar-refractivity contribution in [2.24, 2.45) is 10.2 Å². The van der Waals surface area contributed by atoms with E-state index in [4.69, 9.17) is 10.2 Å². The Morgan fingerprint density at radius 1 is 1.30 bits per heavy atom. The van der Waals surface area contributed by atoms with E-state index in [1.165, 1.54) is 23.5 Å². The van der Waals surface area contributed by atoms with Crippen LogP contribution in [0.5, 0.6) is 0 Å². The summed E-state index contributed by atoms with van der Waals surface area (Å²) in [6.45, 7) is 1.20. The van der Waals surface area contributed by atoms with Crippen LogP contribution in [0.3, 0.4) is 0 Å². The Hall–Kier alpha value is -1.92. The zero-order valence-electron chi connectivity index (χ0n) is 16.6. The first kappa shape index (κ1) is 24.4. The van der Waals surface area contributed by atoms with E-state index in [-0.39, 0.29) is 36.8 Å². The molecule has 0 radical (unpaired) electrons. The molecule has 9 nitrogen and oxygen atoms in total. The summed E-state index contributed by atoms with van der Waals surface area (Å²) in [6.07, 6.45) is 2.49. The van der Waals surface area contributed by atoms with Gasteiger partial charge in [0.05, 0.1) is 31.1 Å². The van der Waals surface area contributed by atoms with Crippen molar-refractivity contribution in [2.45, 2.75) is 12.5 Å². The van der Waals surface area contributed by atoms with Crippen LogP contribution in [0.2, 0.25) is 0 Å². The number of thioether (sulfide) groups is 2. The number of quaternary nitrogens is 1. The molecule has 1 amide bonds. The fourth-order valence-corrected chi connectivity index (χ4v) is 4.06. The molecule has 0 bridgehead atoms. The molecule has 1 aliphatic rings. The molecule has 0 aromatic heterocycles. The summed E-state index contributed by atoms with van der Waals surface area (Å²) in [5.41, 5.74) is 1.63. The SMILES string of the molecule is O=C(C[NH2+]/C=C\SCN=Nc1ccc(N(CCO)CCO)cc1)NC1CCSC1=O. The van der Waals surface area contributed by atoms with E-state index in [9.17, 15) is 9.59 Å². The standard InChI is InChI=1S/C19H27N5O4S2/c25-9-7-24(8-10-26)16-3-1-15(2-4-16)23-21-14-29-12-6-20-13-18(27)22-17-5-11-30-19(17)28/h1-4,6,12,17,20,25-26H,5,7-11,13-14H2,(H,22,27)/p+1/b12-6-,23-21?. The van der Waals surface area contributed by atoms with Gasteiger partial charge in [0.2, 0.25) is 5.12 Å². The molecule has 164 valence electrons. The Balaban J connectivity index is 1.62. The van der Waals surface area contributed by atoms with Gasteiger partial charge in [0, 0.05) is 29.9 Å². The number of amides is 1. The van der Waals surface area contributed by atoms with Gasteiger partial charge in [0.25, 0.3) is 5.91 Å². The molecular formula is C19H28N5O4S2+. The van der Waals surface area contributed by atoms with Gasteiger partial charge in [0.15, 0.2) is 6.54 Å².